The van der Waals surface area contributed by atoms with Crippen molar-refractivity contribution in [1.82, 2.24) is 10.6 Å². The van der Waals surface area contributed by atoms with Crippen molar-refractivity contribution < 1.29 is 14.7 Å². The predicted molar refractivity (Wildman–Crippen MR) is 96.8 cm³/mol. The van der Waals surface area contributed by atoms with Crippen molar-refractivity contribution >= 4 is 28.5 Å². The van der Waals surface area contributed by atoms with Crippen molar-refractivity contribution in [3.63, 3.8) is 0 Å². The van der Waals surface area contributed by atoms with Crippen molar-refractivity contribution in [3.8, 4) is 0 Å². The van der Waals surface area contributed by atoms with Gasteiger partial charge in [-0.2, -0.15) is 0 Å². The molecule has 1 aliphatic heterocycles. The average molecular weight is 337 g/mol. The van der Waals surface area contributed by atoms with Crippen LogP contribution in [0.25, 0.3) is 10.8 Å². The molecule has 0 unspecified atom stereocenters. The van der Waals surface area contributed by atoms with Gasteiger partial charge in [-0.3, -0.25) is 14.6 Å². The molecule has 1 amide bonds. The fourth-order valence-corrected chi connectivity index (χ4v) is 2.58. The summed E-state index contributed by atoms with van der Waals surface area (Å²) in [5, 5.41) is 16.4. The number of rotatable bonds is 5. The van der Waals surface area contributed by atoms with Crippen LogP contribution in [0.2, 0.25) is 0 Å². The SMILES string of the molecule is CC1=CNC(c2ccc3cc(C(=O)NCCC(=O)O)ccc3c2)=NC1. The maximum Gasteiger partial charge on any atom is 0.305 e. The number of amides is 1. The summed E-state index contributed by atoms with van der Waals surface area (Å²) in [6.45, 7) is 2.83. The van der Waals surface area contributed by atoms with E-state index >= 15 is 0 Å². The highest BCUT2D eigenvalue weighted by Crippen LogP contribution is 2.19. The molecule has 0 radical (unpaired) electrons. The van der Waals surface area contributed by atoms with E-state index < -0.39 is 5.97 Å². The number of hydrogen-bond acceptors (Lipinski definition) is 4. The number of hydrogen-bond donors (Lipinski definition) is 3. The van der Waals surface area contributed by atoms with Crippen LogP contribution in [0.3, 0.4) is 0 Å². The van der Waals surface area contributed by atoms with E-state index in [2.05, 4.69) is 15.6 Å². The van der Waals surface area contributed by atoms with E-state index in [9.17, 15) is 9.59 Å². The lowest BCUT2D eigenvalue weighted by atomic mass is 10.0. The summed E-state index contributed by atoms with van der Waals surface area (Å²) in [6.07, 6.45) is 1.86. The van der Waals surface area contributed by atoms with Crippen LogP contribution in [0, 0.1) is 0 Å². The fraction of sp³-hybridized carbons (Fsp3) is 0.211. The van der Waals surface area contributed by atoms with Gasteiger partial charge in [-0.25, -0.2) is 0 Å². The number of nitrogens with one attached hydrogen (secondary N) is 2. The van der Waals surface area contributed by atoms with Crippen molar-refractivity contribution in [1.29, 1.82) is 0 Å². The Morgan fingerprint density at radius 1 is 1.20 bits per heavy atom. The van der Waals surface area contributed by atoms with Gasteiger partial charge in [-0.15, -0.1) is 0 Å². The molecule has 1 heterocycles. The molecule has 0 spiro atoms. The Kier molecular flexibility index (Phi) is 4.79. The number of aliphatic imine (C=N–C) groups is 1. The Balaban J connectivity index is 1.77. The van der Waals surface area contributed by atoms with E-state index in [0.29, 0.717) is 12.1 Å². The van der Waals surface area contributed by atoms with E-state index in [4.69, 9.17) is 5.11 Å². The van der Waals surface area contributed by atoms with Crippen molar-refractivity contribution in [2.24, 2.45) is 4.99 Å². The monoisotopic (exact) mass is 337 g/mol. The highest BCUT2D eigenvalue weighted by molar-refractivity contribution is 6.04. The first kappa shape index (κ1) is 16.7. The lowest BCUT2D eigenvalue weighted by Crippen LogP contribution is -2.25. The number of amidine groups is 1. The molecular formula is C19H19N3O3. The minimum Gasteiger partial charge on any atom is -0.481 e. The zero-order valence-electron chi connectivity index (χ0n) is 13.9. The first-order valence-corrected chi connectivity index (χ1v) is 8.04. The number of nitrogens with zero attached hydrogens (tertiary/aromatic N) is 1. The Morgan fingerprint density at radius 3 is 2.68 bits per heavy atom. The Hall–Kier alpha value is -3.15. The molecule has 2 aromatic carbocycles. The van der Waals surface area contributed by atoms with Gasteiger partial charge in [0.2, 0.25) is 0 Å². The van der Waals surface area contributed by atoms with Crippen molar-refractivity contribution in [2.45, 2.75) is 13.3 Å². The minimum atomic E-state index is -0.935. The number of carboxylic acids is 1. The quantitative estimate of drug-likeness (QED) is 0.781. The standard InChI is InChI=1S/C19H19N3O3/c1-12-10-21-18(22-11-12)15-4-2-14-9-16(5-3-13(14)8-15)19(25)20-7-6-17(23)24/h2-5,8-10H,6-7,11H2,1H3,(H,20,25)(H,21,22)(H,23,24). The van der Waals surface area contributed by atoms with Gasteiger partial charge in [0.15, 0.2) is 0 Å². The first-order valence-electron chi connectivity index (χ1n) is 8.04. The van der Waals surface area contributed by atoms with Crippen LogP contribution in [0.1, 0.15) is 29.3 Å². The van der Waals surface area contributed by atoms with E-state index in [-0.39, 0.29) is 18.9 Å². The number of carboxylic acid groups (broad SMARTS) is 1. The number of fused-ring (bicyclic) bond motifs is 1. The summed E-state index contributed by atoms with van der Waals surface area (Å²) in [5.41, 5.74) is 2.69. The van der Waals surface area contributed by atoms with Gasteiger partial charge >= 0.3 is 5.97 Å². The molecule has 0 aliphatic carbocycles. The largest absolute Gasteiger partial charge is 0.481 e. The molecule has 1 aliphatic rings. The lowest BCUT2D eigenvalue weighted by Gasteiger charge is -2.13. The number of benzene rings is 2. The molecule has 25 heavy (non-hydrogen) atoms. The summed E-state index contributed by atoms with van der Waals surface area (Å²) in [7, 11) is 0. The first-order chi connectivity index (χ1) is 12.0. The maximum atomic E-state index is 12.1. The second kappa shape index (κ2) is 7.17. The highest BCUT2D eigenvalue weighted by Gasteiger charge is 2.10. The van der Waals surface area contributed by atoms with Gasteiger partial charge in [0, 0.05) is 23.9 Å². The molecule has 0 saturated carbocycles. The molecule has 0 fully saturated rings. The predicted octanol–water partition coefficient (Wildman–Crippen LogP) is 2.30. The van der Waals surface area contributed by atoms with Crippen LogP contribution in [-0.2, 0) is 4.79 Å². The van der Waals surface area contributed by atoms with E-state index in [1.165, 1.54) is 5.57 Å². The van der Waals surface area contributed by atoms with E-state index in [0.717, 1.165) is 22.2 Å². The topological polar surface area (TPSA) is 90.8 Å². The third kappa shape index (κ3) is 4.03. The zero-order valence-corrected chi connectivity index (χ0v) is 13.9. The van der Waals surface area contributed by atoms with Crippen molar-refractivity contribution in [3.05, 3.63) is 59.3 Å². The third-order valence-corrected chi connectivity index (χ3v) is 3.94. The molecule has 6 heteroatoms. The molecule has 0 bridgehead atoms. The molecular weight excluding hydrogens is 318 g/mol. The van der Waals surface area contributed by atoms with Crippen LogP contribution in [0.4, 0.5) is 0 Å². The number of aliphatic carboxylic acids is 1. The van der Waals surface area contributed by atoms with E-state index in [1.54, 1.807) is 12.1 Å². The van der Waals surface area contributed by atoms with Gasteiger partial charge < -0.3 is 15.7 Å². The van der Waals surface area contributed by atoms with Gasteiger partial charge in [0.05, 0.1) is 13.0 Å². The minimum absolute atomic E-state index is 0.0916. The highest BCUT2D eigenvalue weighted by atomic mass is 16.4. The smallest absolute Gasteiger partial charge is 0.305 e. The van der Waals surface area contributed by atoms with Gasteiger partial charge in [0.1, 0.15) is 5.84 Å². The Bertz CT molecular complexity index is 900. The summed E-state index contributed by atoms with van der Waals surface area (Å²) in [4.78, 5) is 27.1. The Morgan fingerprint density at radius 2 is 1.96 bits per heavy atom. The zero-order chi connectivity index (χ0) is 17.8. The lowest BCUT2D eigenvalue weighted by molar-refractivity contribution is -0.136. The molecule has 3 N–H and O–H groups in total. The number of carbonyl (C=O) groups excluding carboxylic acids is 1. The summed E-state index contributed by atoms with van der Waals surface area (Å²) >= 11 is 0. The van der Waals surface area contributed by atoms with Gasteiger partial charge in [0.25, 0.3) is 5.91 Å². The molecule has 128 valence electrons. The van der Waals surface area contributed by atoms with Crippen LogP contribution >= 0.6 is 0 Å². The van der Waals surface area contributed by atoms with Crippen LogP contribution in [0.5, 0.6) is 0 Å². The molecule has 0 atom stereocenters. The molecule has 0 aromatic heterocycles. The summed E-state index contributed by atoms with van der Waals surface area (Å²) in [5.74, 6) is -0.371. The maximum absolute atomic E-state index is 12.1. The number of carbonyl (C=O) groups is 2. The molecule has 2 aromatic rings. The second-order valence-electron chi connectivity index (χ2n) is 5.98. The second-order valence-corrected chi connectivity index (χ2v) is 5.98. The molecule has 0 saturated heterocycles. The van der Waals surface area contributed by atoms with Crippen LogP contribution < -0.4 is 10.6 Å². The fourth-order valence-electron chi connectivity index (χ4n) is 2.58. The third-order valence-electron chi connectivity index (χ3n) is 3.94. The Labute approximate surface area is 145 Å². The molecule has 3 rings (SSSR count). The van der Waals surface area contributed by atoms with Crippen LogP contribution in [0.15, 0.2) is 53.2 Å². The normalized spacial score (nSPS) is 13.6. The summed E-state index contributed by atoms with van der Waals surface area (Å²) < 4.78 is 0. The van der Waals surface area contributed by atoms with Crippen LogP contribution in [-0.4, -0.2) is 35.9 Å². The van der Waals surface area contributed by atoms with Crippen molar-refractivity contribution in [2.75, 3.05) is 13.1 Å². The van der Waals surface area contributed by atoms with E-state index in [1.807, 2.05) is 37.4 Å². The summed E-state index contributed by atoms with van der Waals surface area (Å²) in [6, 6.07) is 11.4. The van der Waals surface area contributed by atoms with Gasteiger partial charge in [-0.1, -0.05) is 18.2 Å². The average Bonchev–Trinajstić information content (AvgIpc) is 2.61. The molecule has 6 nitrogen and oxygen atoms in total. The van der Waals surface area contributed by atoms with Gasteiger partial charge in [-0.05, 0) is 41.5 Å².